The van der Waals surface area contributed by atoms with Crippen molar-refractivity contribution in [2.75, 3.05) is 6.61 Å². The predicted molar refractivity (Wildman–Crippen MR) is 89.0 cm³/mol. The molecule has 0 bridgehead atoms. The lowest BCUT2D eigenvalue weighted by Gasteiger charge is -2.15. The number of hydrazone groups is 1. The fourth-order valence-corrected chi connectivity index (χ4v) is 2.18. The number of benzene rings is 2. The van der Waals surface area contributed by atoms with Gasteiger partial charge < -0.3 is 4.74 Å². The average Bonchev–Trinajstić information content (AvgIpc) is 2.61. The van der Waals surface area contributed by atoms with E-state index in [4.69, 9.17) is 4.74 Å². The summed E-state index contributed by atoms with van der Waals surface area (Å²) in [6.45, 7) is 0.369. The van der Waals surface area contributed by atoms with Crippen LogP contribution in [0.5, 0.6) is 5.75 Å². The first kappa shape index (κ1) is 15.4. The van der Waals surface area contributed by atoms with Crippen LogP contribution in [0.3, 0.4) is 0 Å². The highest BCUT2D eigenvalue weighted by atomic mass is 16.6. The van der Waals surface area contributed by atoms with Crippen LogP contribution in [0.15, 0.2) is 59.2 Å². The summed E-state index contributed by atoms with van der Waals surface area (Å²) in [5.74, 6) is 0.364. The molecule has 7 heteroatoms. The maximum absolute atomic E-state index is 11.9. The molecular formula is C17H13N3O4. The fraction of sp³-hybridized carbons (Fsp3) is 0.0588. The number of hydrogen-bond donors (Lipinski definition) is 1. The number of nitrogens with one attached hydrogen (secondary N) is 1. The minimum atomic E-state index is -0.521. The van der Waals surface area contributed by atoms with E-state index in [2.05, 4.69) is 10.5 Å². The molecule has 0 atom stereocenters. The second-order valence-electron chi connectivity index (χ2n) is 5.05. The van der Waals surface area contributed by atoms with Gasteiger partial charge in [0, 0.05) is 28.8 Å². The van der Waals surface area contributed by atoms with E-state index in [9.17, 15) is 14.9 Å². The van der Waals surface area contributed by atoms with Gasteiger partial charge in [-0.25, -0.2) is 5.43 Å². The van der Waals surface area contributed by atoms with Crippen molar-refractivity contribution in [1.82, 2.24) is 5.43 Å². The molecule has 120 valence electrons. The molecule has 0 unspecified atom stereocenters. The van der Waals surface area contributed by atoms with Gasteiger partial charge >= 0.3 is 0 Å². The van der Waals surface area contributed by atoms with Crippen LogP contribution in [0.2, 0.25) is 0 Å². The summed E-state index contributed by atoms with van der Waals surface area (Å²) in [5.41, 5.74) is 4.37. The Morgan fingerprint density at radius 1 is 1.21 bits per heavy atom. The minimum Gasteiger partial charge on any atom is -0.488 e. The Kier molecular flexibility index (Phi) is 4.33. The van der Waals surface area contributed by atoms with Crippen LogP contribution in [0, 0.1) is 10.1 Å². The first-order valence-corrected chi connectivity index (χ1v) is 7.14. The highest BCUT2D eigenvalue weighted by Gasteiger charge is 2.10. The number of amides is 1. The van der Waals surface area contributed by atoms with Gasteiger partial charge in [-0.2, -0.15) is 5.10 Å². The van der Waals surface area contributed by atoms with Crippen LogP contribution in [0.1, 0.15) is 15.9 Å². The Morgan fingerprint density at radius 3 is 2.71 bits per heavy atom. The molecule has 0 spiro atoms. The zero-order valence-corrected chi connectivity index (χ0v) is 12.5. The Hall–Kier alpha value is -3.48. The monoisotopic (exact) mass is 323 g/mol. The van der Waals surface area contributed by atoms with Gasteiger partial charge in [-0.1, -0.05) is 18.2 Å². The number of carbonyl (C=O) groups excluding carboxylic acids is 1. The maximum atomic E-state index is 11.9. The lowest BCUT2D eigenvalue weighted by Crippen LogP contribution is -2.18. The van der Waals surface area contributed by atoms with Crippen molar-refractivity contribution in [3.8, 4) is 5.75 Å². The molecule has 0 saturated carbocycles. The third-order valence-electron chi connectivity index (χ3n) is 3.39. The molecular weight excluding hydrogens is 310 g/mol. The number of hydrogen-bond acceptors (Lipinski definition) is 5. The van der Waals surface area contributed by atoms with Crippen LogP contribution in [0.4, 0.5) is 5.69 Å². The van der Waals surface area contributed by atoms with Gasteiger partial charge in [0.1, 0.15) is 12.4 Å². The number of non-ortho nitro benzene ring substituents is 1. The van der Waals surface area contributed by atoms with E-state index < -0.39 is 10.8 Å². The first-order valence-electron chi connectivity index (χ1n) is 7.14. The van der Waals surface area contributed by atoms with Gasteiger partial charge in [-0.3, -0.25) is 14.9 Å². The zero-order chi connectivity index (χ0) is 16.9. The number of nitro benzene ring substituents is 1. The maximum Gasteiger partial charge on any atom is 0.271 e. The van der Waals surface area contributed by atoms with E-state index in [-0.39, 0.29) is 11.3 Å². The van der Waals surface area contributed by atoms with Crippen molar-refractivity contribution in [2.45, 2.75) is 0 Å². The molecule has 1 heterocycles. The molecule has 0 radical (unpaired) electrons. The van der Waals surface area contributed by atoms with E-state index in [0.717, 1.165) is 16.9 Å². The van der Waals surface area contributed by atoms with Gasteiger partial charge in [0.2, 0.25) is 0 Å². The zero-order valence-electron chi connectivity index (χ0n) is 12.5. The molecule has 1 aliphatic rings. The number of nitro groups is 1. The van der Waals surface area contributed by atoms with Crippen LogP contribution < -0.4 is 10.2 Å². The van der Waals surface area contributed by atoms with Gasteiger partial charge in [0.15, 0.2) is 0 Å². The summed E-state index contributed by atoms with van der Waals surface area (Å²) in [7, 11) is 0. The summed E-state index contributed by atoms with van der Waals surface area (Å²) in [4.78, 5) is 22.0. The fourth-order valence-electron chi connectivity index (χ4n) is 2.18. The highest BCUT2D eigenvalue weighted by molar-refractivity contribution is 5.95. The number of fused-ring (bicyclic) bond motifs is 1. The Morgan fingerprint density at radius 2 is 1.96 bits per heavy atom. The van der Waals surface area contributed by atoms with Crippen molar-refractivity contribution in [1.29, 1.82) is 0 Å². The largest absolute Gasteiger partial charge is 0.488 e. The summed E-state index contributed by atoms with van der Waals surface area (Å²) in [6, 6.07) is 12.9. The van der Waals surface area contributed by atoms with E-state index in [1.807, 2.05) is 30.3 Å². The Labute approximate surface area is 137 Å². The summed E-state index contributed by atoms with van der Waals surface area (Å²) < 4.78 is 5.58. The number of rotatable bonds is 4. The van der Waals surface area contributed by atoms with Crippen LogP contribution in [0.25, 0.3) is 6.08 Å². The summed E-state index contributed by atoms with van der Waals surface area (Å²) in [6.07, 6.45) is 3.44. The molecule has 0 saturated heterocycles. The van der Waals surface area contributed by atoms with Crippen LogP contribution in [-0.4, -0.2) is 23.7 Å². The molecule has 7 nitrogen and oxygen atoms in total. The number of ether oxygens (including phenoxy) is 1. The van der Waals surface area contributed by atoms with Gasteiger partial charge in [0.05, 0.1) is 11.1 Å². The molecule has 2 aromatic carbocycles. The molecule has 3 rings (SSSR count). The second-order valence-corrected chi connectivity index (χ2v) is 5.05. The quantitative estimate of drug-likeness (QED) is 0.532. The molecule has 0 aromatic heterocycles. The van der Waals surface area contributed by atoms with E-state index in [0.29, 0.717) is 6.61 Å². The van der Waals surface area contributed by atoms with Crippen molar-refractivity contribution < 1.29 is 14.5 Å². The normalized spacial score (nSPS) is 12.9. The number of nitrogens with zero attached hydrogens (tertiary/aromatic N) is 2. The molecule has 2 aromatic rings. The van der Waals surface area contributed by atoms with Gasteiger partial charge in [-0.05, 0) is 24.3 Å². The van der Waals surface area contributed by atoms with E-state index >= 15 is 0 Å². The van der Waals surface area contributed by atoms with Crippen molar-refractivity contribution in [2.24, 2.45) is 5.10 Å². The molecule has 1 aliphatic heterocycles. The summed E-state index contributed by atoms with van der Waals surface area (Å²) in [5, 5.41) is 14.5. The van der Waals surface area contributed by atoms with Crippen molar-refractivity contribution in [3.05, 3.63) is 75.3 Å². The van der Waals surface area contributed by atoms with Crippen molar-refractivity contribution >= 4 is 23.9 Å². The lowest BCUT2D eigenvalue weighted by atomic mass is 10.1. The second kappa shape index (κ2) is 6.74. The van der Waals surface area contributed by atoms with E-state index in [1.165, 1.54) is 30.5 Å². The van der Waals surface area contributed by atoms with Gasteiger partial charge in [0.25, 0.3) is 11.6 Å². The number of para-hydroxylation sites is 1. The SMILES string of the molecule is O=C(NN=CC1=Cc2ccccc2OC1)c1ccc([N+](=O)[O-])cc1. The van der Waals surface area contributed by atoms with Crippen LogP contribution >= 0.6 is 0 Å². The van der Waals surface area contributed by atoms with Gasteiger partial charge in [-0.15, -0.1) is 0 Å². The third-order valence-corrected chi connectivity index (χ3v) is 3.39. The minimum absolute atomic E-state index is 0.0711. The smallest absolute Gasteiger partial charge is 0.271 e. The molecule has 1 N–H and O–H groups in total. The van der Waals surface area contributed by atoms with Crippen LogP contribution in [-0.2, 0) is 0 Å². The third kappa shape index (κ3) is 3.46. The molecule has 0 fully saturated rings. The van der Waals surface area contributed by atoms with Crippen molar-refractivity contribution in [3.63, 3.8) is 0 Å². The average molecular weight is 323 g/mol. The molecule has 0 aliphatic carbocycles. The summed E-state index contributed by atoms with van der Waals surface area (Å²) >= 11 is 0. The Bertz CT molecular complexity index is 841. The first-order chi connectivity index (χ1) is 11.6. The molecule has 1 amide bonds. The standard InChI is InChI=1S/C17H13N3O4/c21-17(13-5-7-15(8-6-13)20(22)23)19-18-10-12-9-14-3-1-2-4-16(14)24-11-12/h1-10H,11H2,(H,19,21). The number of carbonyl (C=O) groups is 1. The molecule has 24 heavy (non-hydrogen) atoms. The topological polar surface area (TPSA) is 93.8 Å². The van der Waals surface area contributed by atoms with E-state index in [1.54, 1.807) is 0 Å². The predicted octanol–water partition coefficient (Wildman–Crippen LogP) is 2.79. The Balaban J connectivity index is 1.63. The lowest BCUT2D eigenvalue weighted by molar-refractivity contribution is -0.384. The highest BCUT2D eigenvalue weighted by Crippen LogP contribution is 2.24.